The number of rotatable bonds is 5. The number of nitrogens with zero attached hydrogens (tertiary/aromatic N) is 3. The van der Waals surface area contributed by atoms with E-state index in [-0.39, 0.29) is 22.0 Å². The molecular formula is C22H18FN3O5S. The SMILES string of the molecule is COc1ccc(F)cc1C(O)=C1C(=O)C(=O)N(c2nnc(C)s2)C1c1ccccc1OC. The molecule has 1 amide bonds. The van der Waals surface area contributed by atoms with Crippen LogP contribution >= 0.6 is 11.3 Å². The van der Waals surface area contributed by atoms with Gasteiger partial charge in [-0.1, -0.05) is 29.5 Å². The van der Waals surface area contributed by atoms with Crippen LogP contribution in [0.25, 0.3) is 5.76 Å². The molecular weight excluding hydrogens is 437 g/mol. The van der Waals surface area contributed by atoms with Crippen molar-refractivity contribution in [2.24, 2.45) is 0 Å². The van der Waals surface area contributed by atoms with E-state index in [1.54, 1.807) is 31.2 Å². The molecule has 8 nitrogen and oxygen atoms in total. The first-order valence-electron chi connectivity index (χ1n) is 9.45. The highest BCUT2D eigenvalue weighted by molar-refractivity contribution is 7.15. The highest BCUT2D eigenvalue weighted by atomic mass is 32.1. The highest BCUT2D eigenvalue weighted by Gasteiger charge is 2.49. The van der Waals surface area contributed by atoms with Crippen molar-refractivity contribution in [1.29, 1.82) is 0 Å². The van der Waals surface area contributed by atoms with Crippen LogP contribution < -0.4 is 14.4 Å². The molecule has 1 atom stereocenters. The minimum absolute atomic E-state index is 0.0566. The Kier molecular flexibility index (Phi) is 5.62. The summed E-state index contributed by atoms with van der Waals surface area (Å²) >= 11 is 1.12. The van der Waals surface area contributed by atoms with Gasteiger partial charge in [0, 0.05) is 5.56 Å². The molecule has 0 bridgehead atoms. The molecule has 1 aliphatic rings. The van der Waals surface area contributed by atoms with E-state index in [4.69, 9.17) is 9.47 Å². The number of hydrogen-bond acceptors (Lipinski definition) is 8. The topological polar surface area (TPSA) is 102 Å². The summed E-state index contributed by atoms with van der Waals surface area (Å²) in [6.45, 7) is 1.72. The molecule has 0 spiro atoms. The summed E-state index contributed by atoms with van der Waals surface area (Å²) in [7, 11) is 2.81. The van der Waals surface area contributed by atoms with Crippen LogP contribution in [-0.4, -0.2) is 41.2 Å². The van der Waals surface area contributed by atoms with Crippen molar-refractivity contribution in [3.63, 3.8) is 0 Å². The van der Waals surface area contributed by atoms with Gasteiger partial charge in [0.15, 0.2) is 0 Å². The first-order chi connectivity index (χ1) is 15.4. The van der Waals surface area contributed by atoms with Crippen molar-refractivity contribution in [2.45, 2.75) is 13.0 Å². The summed E-state index contributed by atoms with van der Waals surface area (Å²) in [4.78, 5) is 27.4. The number of anilines is 1. The second-order valence-electron chi connectivity index (χ2n) is 6.86. The Bertz CT molecular complexity index is 1260. The molecule has 4 rings (SSSR count). The van der Waals surface area contributed by atoms with Crippen LogP contribution in [0.4, 0.5) is 9.52 Å². The Balaban J connectivity index is 2.02. The van der Waals surface area contributed by atoms with Crippen molar-refractivity contribution in [3.05, 3.63) is 70.0 Å². The number of amides is 1. The summed E-state index contributed by atoms with van der Waals surface area (Å²) in [5.41, 5.74) is 0.147. The van der Waals surface area contributed by atoms with E-state index in [1.165, 1.54) is 25.2 Å². The molecule has 1 aliphatic heterocycles. The molecule has 0 saturated carbocycles. The molecule has 32 heavy (non-hydrogen) atoms. The Morgan fingerprint density at radius 1 is 1.09 bits per heavy atom. The average Bonchev–Trinajstić information content (AvgIpc) is 3.33. The van der Waals surface area contributed by atoms with Crippen molar-refractivity contribution in [2.75, 3.05) is 19.1 Å². The maximum absolute atomic E-state index is 14.0. The first kappa shape index (κ1) is 21.4. The van der Waals surface area contributed by atoms with Gasteiger partial charge in [0.25, 0.3) is 5.78 Å². The molecule has 10 heteroatoms. The zero-order chi connectivity index (χ0) is 23.0. The smallest absolute Gasteiger partial charge is 0.301 e. The minimum atomic E-state index is -1.08. The normalized spacial score (nSPS) is 17.6. The number of Topliss-reactive ketones (excluding diaryl/α,β-unsaturated/α-hetero) is 1. The summed E-state index contributed by atoms with van der Waals surface area (Å²) in [5, 5.41) is 19.9. The van der Waals surface area contributed by atoms with Gasteiger partial charge >= 0.3 is 5.91 Å². The number of carbonyl (C=O) groups is 2. The molecule has 1 fully saturated rings. The number of ketones is 1. The number of ether oxygens (including phenoxy) is 2. The number of carbonyl (C=O) groups excluding carboxylic acids is 2. The van der Waals surface area contributed by atoms with Crippen LogP contribution in [0.15, 0.2) is 48.0 Å². The predicted octanol–water partition coefficient (Wildman–Crippen LogP) is 3.63. The summed E-state index contributed by atoms with van der Waals surface area (Å²) in [6.07, 6.45) is 0. The molecule has 0 aliphatic carbocycles. The van der Waals surface area contributed by atoms with E-state index in [0.717, 1.165) is 23.5 Å². The number of aryl methyl sites for hydroxylation is 1. The van der Waals surface area contributed by atoms with Gasteiger partial charge in [-0.2, -0.15) is 0 Å². The largest absolute Gasteiger partial charge is 0.507 e. The molecule has 2 heterocycles. The van der Waals surface area contributed by atoms with Gasteiger partial charge in [0.2, 0.25) is 5.13 Å². The predicted molar refractivity (Wildman–Crippen MR) is 115 cm³/mol. The number of methoxy groups -OCH3 is 2. The maximum atomic E-state index is 14.0. The highest BCUT2D eigenvalue weighted by Crippen LogP contribution is 2.46. The number of hydrogen-bond donors (Lipinski definition) is 1. The van der Waals surface area contributed by atoms with Gasteiger partial charge in [-0.15, -0.1) is 10.2 Å². The summed E-state index contributed by atoms with van der Waals surface area (Å²) in [6, 6.07) is 9.24. The standard InChI is InChI=1S/C22H18FN3O5S/c1-11-24-25-22(32-11)26-18(13-6-4-5-7-15(13)30-2)17(20(28)21(26)29)19(27)14-10-12(23)8-9-16(14)31-3/h4-10,18,27H,1-3H3. The third-order valence-corrected chi connectivity index (χ3v) is 5.85. The van der Waals surface area contributed by atoms with Crippen molar-refractivity contribution < 1.29 is 28.6 Å². The molecule has 1 N–H and O–H groups in total. The van der Waals surface area contributed by atoms with Crippen molar-refractivity contribution in [3.8, 4) is 11.5 Å². The summed E-state index contributed by atoms with van der Waals surface area (Å²) in [5.74, 6) is -2.52. The molecule has 0 radical (unpaired) electrons. The molecule has 1 saturated heterocycles. The van der Waals surface area contributed by atoms with Gasteiger partial charge in [0.1, 0.15) is 34.1 Å². The van der Waals surface area contributed by atoms with Gasteiger partial charge in [-0.25, -0.2) is 4.39 Å². The van der Waals surface area contributed by atoms with Crippen LogP contribution in [0.5, 0.6) is 11.5 Å². The van der Waals surface area contributed by atoms with Crippen LogP contribution in [0, 0.1) is 12.7 Å². The first-order valence-corrected chi connectivity index (χ1v) is 10.3. The quantitative estimate of drug-likeness (QED) is 0.356. The average molecular weight is 455 g/mol. The molecule has 2 aromatic carbocycles. The maximum Gasteiger partial charge on any atom is 0.301 e. The van der Waals surface area contributed by atoms with E-state index in [9.17, 15) is 19.1 Å². The fourth-order valence-electron chi connectivity index (χ4n) is 3.61. The van der Waals surface area contributed by atoms with Gasteiger partial charge in [-0.05, 0) is 31.2 Å². The third-order valence-electron chi connectivity index (χ3n) is 5.02. The Morgan fingerprint density at radius 3 is 2.47 bits per heavy atom. The monoisotopic (exact) mass is 455 g/mol. The minimum Gasteiger partial charge on any atom is -0.507 e. The number of aliphatic hydroxyl groups is 1. The van der Waals surface area contributed by atoms with Crippen LogP contribution in [-0.2, 0) is 9.59 Å². The second-order valence-corrected chi connectivity index (χ2v) is 8.02. The van der Waals surface area contributed by atoms with E-state index in [1.807, 2.05) is 0 Å². The zero-order valence-corrected chi connectivity index (χ0v) is 18.1. The fraction of sp³-hybridized carbons (Fsp3) is 0.182. The van der Waals surface area contributed by atoms with E-state index < -0.39 is 29.3 Å². The number of halogens is 1. The lowest BCUT2D eigenvalue weighted by Crippen LogP contribution is -2.29. The van der Waals surface area contributed by atoms with E-state index in [2.05, 4.69) is 10.2 Å². The number of aromatic nitrogens is 2. The second kappa shape index (κ2) is 8.39. The Labute approximate surface area is 186 Å². The van der Waals surface area contributed by atoms with E-state index in [0.29, 0.717) is 16.3 Å². The third kappa shape index (κ3) is 3.48. The lowest BCUT2D eigenvalue weighted by Gasteiger charge is -2.24. The lowest BCUT2D eigenvalue weighted by atomic mass is 9.94. The molecule has 3 aromatic rings. The number of benzene rings is 2. The van der Waals surface area contributed by atoms with Crippen LogP contribution in [0.1, 0.15) is 22.2 Å². The van der Waals surface area contributed by atoms with Crippen molar-refractivity contribution in [1.82, 2.24) is 10.2 Å². The molecule has 1 unspecified atom stereocenters. The van der Waals surface area contributed by atoms with E-state index >= 15 is 0 Å². The van der Waals surface area contributed by atoms with Crippen molar-refractivity contribution >= 4 is 33.9 Å². The van der Waals surface area contributed by atoms with Crippen LogP contribution in [0.2, 0.25) is 0 Å². The van der Waals surface area contributed by atoms with Gasteiger partial charge < -0.3 is 14.6 Å². The lowest BCUT2D eigenvalue weighted by molar-refractivity contribution is -0.132. The Morgan fingerprint density at radius 2 is 1.81 bits per heavy atom. The molecule has 1 aromatic heterocycles. The van der Waals surface area contributed by atoms with Gasteiger partial charge in [0.05, 0.1) is 25.4 Å². The zero-order valence-electron chi connectivity index (χ0n) is 17.3. The van der Waals surface area contributed by atoms with Crippen LogP contribution in [0.3, 0.4) is 0 Å². The Hall–Kier alpha value is -3.79. The number of para-hydroxylation sites is 1. The summed E-state index contributed by atoms with van der Waals surface area (Å²) < 4.78 is 24.7. The van der Waals surface area contributed by atoms with Gasteiger partial charge in [-0.3, -0.25) is 14.5 Å². The molecule has 164 valence electrons. The fourth-order valence-corrected chi connectivity index (χ4v) is 4.32. The number of aliphatic hydroxyl groups excluding tert-OH is 1.